The summed E-state index contributed by atoms with van der Waals surface area (Å²) in [4.78, 5) is 13.9. The molecule has 128 valence electrons. The van der Waals surface area contributed by atoms with Crippen LogP contribution < -0.4 is 0 Å². The van der Waals surface area contributed by atoms with Gasteiger partial charge in [-0.15, -0.1) is 0 Å². The Morgan fingerprint density at radius 1 is 1.30 bits per heavy atom. The third-order valence-electron chi connectivity index (χ3n) is 4.26. The van der Waals surface area contributed by atoms with Crippen molar-refractivity contribution < 1.29 is 17.6 Å². The number of hydrogen-bond donors (Lipinski definition) is 0. The Morgan fingerprint density at radius 2 is 1.96 bits per heavy atom. The van der Waals surface area contributed by atoms with Crippen molar-refractivity contribution >= 4 is 15.9 Å². The number of hydrogen-bond acceptors (Lipinski definition) is 3. The highest BCUT2D eigenvalue weighted by Gasteiger charge is 2.35. The molecule has 0 spiro atoms. The predicted octanol–water partition coefficient (Wildman–Crippen LogP) is 2.09. The van der Waals surface area contributed by atoms with E-state index in [0.29, 0.717) is 32.5 Å². The Bertz CT molecular complexity index is 659. The number of rotatable bonds is 5. The molecule has 23 heavy (non-hydrogen) atoms. The number of carbonyl (C=O) groups excluding carboxylic acids is 1. The summed E-state index contributed by atoms with van der Waals surface area (Å²) in [6.07, 6.45) is 1.27. The van der Waals surface area contributed by atoms with Crippen LogP contribution in [0.4, 0.5) is 4.39 Å². The molecule has 0 saturated carbocycles. The lowest BCUT2D eigenvalue weighted by atomic mass is 9.98. The molecule has 1 unspecified atom stereocenters. The van der Waals surface area contributed by atoms with Gasteiger partial charge in [-0.2, -0.15) is 4.31 Å². The molecule has 1 fully saturated rings. The van der Waals surface area contributed by atoms with Gasteiger partial charge in [-0.3, -0.25) is 4.79 Å². The van der Waals surface area contributed by atoms with E-state index in [1.807, 2.05) is 13.8 Å². The molecule has 0 aliphatic carbocycles. The molecular weight excluding hydrogens is 319 g/mol. The van der Waals surface area contributed by atoms with Gasteiger partial charge in [0, 0.05) is 26.2 Å². The van der Waals surface area contributed by atoms with Gasteiger partial charge in [-0.05, 0) is 38.8 Å². The van der Waals surface area contributed by atoms with E-state index >= 15 is 0 Å². The smallest absolute Gasteiger partial charge is 0.246 e. The van der Waals surface area contributed by atoms with Crippen molar-refractivity contribution in [3.05, 3.63) is 30.1 Å². The largest absolute Gasteiger partial charge is 0.343 e. The van der Waals surface area contributed by atoms with Crippen LogP contribution in [0.3, 0.4) is 0 Å². The second-order valence-electron chi connectivity index (χ2n) is 5.64. The summed E-state index contributed by atoms with van der Waals surface area (Å²) in [5.74, 6) is -1.14. The SMILES string of the molecule is CCN(CC)C(=O)C1CCCN(S(=O)(=O)c2ccccc2F)C1. The molecule has 1 atom stereocenters. The first-order valence-electron chi connectivity index (χ1n) is 7.95. The fraction of sp³-hybridized carbons (Fsp3) is 0.562. The third kappa shape index (κ3) is 3.72. The number of piperidine rings is 1. The van der Waals surface area contributed by atoms with Crippen molar-refractivity contribution in [1.29, 1.82) is 0 Å². The zero-order chi connectivity index (χ0) is 17.0. The Kier molecular flexibility index (Phi) is 5.75. The molecule has 1 amide bonds. The number of amides is 1. The molecule has 1 heterocycles. The van der Waals surface area contributed by atoms with E-state index in [-0.39, 0.29) is 23.3 Å². The maximum absolute atomic E-state index is 13.9. The molecule has 1 aromatic rings. The van der Waals surface area contributed by atoms with Gasteiger partial charge in [0.15, 0.2) is 0 Å². The minimum atomic E-state index is -3.91. The van der Waals surface area contributed by atoms with Gasteiger partial charge in [-0.25, -0.2) is 12.8 Å². The average Bonchev–Trinajstić information content (AvgIpc) is 2.56. The van der Waals surface area contributed by atoms with E-state index < -0.39 is 15.8 Å². The fourth-order valence-electron chi connectivity index (χ4n) is 2.95. The van der Waals surface area contributed by atoms with E-state index in [9.17, 15) is 17.6 Å². The van der Waals surface area contributed by atoms with Gasteiger partial charge >= 0.3 is 0 Å². The Morgan fingerprint density at radius 3 is 2.57 bits per heavy atom. The number of sulfonamides is 1. The maximum atomic E-state index is 13.9. The van der Waals surface area contributed by atoms with Gasteiger partial charge in [0.1, 0.15) is 10.7 Å². The van der Waals surface area contributed by atoms with Crippen molar-refractivity contribution in [1.82, 2.24) is 9.21 Å². The summed E-state index contributed by atoms with van der Waals surface area (Å²) in [5.41, 5.74) is 0. The quantitative estimate of drug-likeness (QED) is 0.823. The predicted molar refractivity (Wildman–Crippen MR) is 85.8 cm³/mol. The number of carbonyl (C=O) groups is 1. The molecule has 7 heteroatoms. The third-order valence-corrected chi connectivity index (χ3v) is 6.16. The van der Waals surface area contributed by atoms with Gasteiger partial charge in [0.25, 0.3) is 0 Å². The van der Waals surface area contributed by atoms with E-state index in [1.54, 1.807) is 4.90 Å². The van der Waals surface area contributed by atoms with Crippen molar-refractivity contribution in [2.24, 2.45) is 5.92 Å². The summed E-state index contributed by atoms with van der Waals surface area (Å²) < 4.78 is 40.4. The zero-order valence-corrected chi connectivity index (χ0v) is 14.4. The topological polar surface area (TPSA) is 57.7 Å². The Hall–Kier alpha value is -1.47. The molecule has 1 aliphatic rings. The summed E-state index contributed by atoms with van der Waals surface area (Å²) in [6, 6.07) is 5.35. The second-order valence-corrected chi connectivity index (χ2v) is 7.55. The van der Waals surface area contributed by atoms with Crippen LogP contribution >= 0.6 is 0 Å². The molecule has 0 N–H and O–H groups in total. The van der Waals surface area contributed by atoms with E-state index in [0.717, 1.165) is 6.07 Å². The van der Waals surface area contributed by atoms with Gasteiger partial charge in [0.05, 0.1) is 5.92 Å². The van der Waals surface area contributed by atoms with Crippen LogP contribution in [0, 0.1) is 11.7 Å². The first kappa shape index (κ1) is 17.9. The lowest BCUT2D eigenvalue weighted by Gasteiger charge is -2.33. The lowest BCUT2D eigenvalue weighted by molar-refractivity contribution is -0.136. The number of nitrogens with zero attached hydrogens (tertiary/aromatic N) is 2. The van der Waals surface area contributed by atoms with E-state index in [1.165, 1.54) is 22.5 Å². The van der Waals surface area contributed by atoms with Gasteiger partial charge in [0.2, 0.25) is 15.9 Å². The van der Waals surface area contributed by atoms with Gasteiger partial charge < -0.3 is 4.90 Å². The van der Waals surface area contributed by atoms with Gasteiger partial charge in [-0.1, -0.05) is 12.1 Å². The molecular formula is C16H23FN2O3S. The van der Waals surface area contributed by atoms with Crippen LogP contribution in [0.25, 0.3) is 0 Å². The van der Waals surface area contributed by atoms with Crippen molar-refractivity contribution in [3.8, 4) is 0 Å². The Balaban J connectivity index is 2.21. The highest BCUT2D eigenvalue weighted by Crippen LogP contribution is 2.26. The van der Waals surface area contributed by atoms with Crippen LogP contribution in [-0.2, 0) is 14.8 Å². The van der Waals surface area contributed by atoms with Crippen LogP contribution in [0.2, 0.25) is 0 Å². The number of benzene rings is 1. The highest BCUT2D eigenvalue weighted by molar-refractivity contribution is 7.89. The summed E-state index contributed by atoms with van der Waals surface area (Å²) in [6.45, 7) is 5.44. The van der Waals surface area contributed by atoms with Crippen molar-refractivity contribution in [2.75, 3.05) is 26.2 Å². The van der Waals surface area contributed by atoms with Crippen LogP contribution in [-0.4, -0.2) is 49.7 Å². The Labute approximate surface area is 137 Å². The fourth-order valence-corrected chi connectivity index (χ4v) is 4.54. The first-order valence-corrected chi connectivity index (χ1v) is 9.39. The van der Waals surface area contributed by atoms with Crippen LogP contribution in [0.1, 0.15) is 26.7 Å². The van der Waals surface area contributed by atoms with Crippen LogP contribution in [0.15, 0.2) is 29.2 Å². The molecule has 0 radical (unpaired) electrons. The lowest BCUT2D eigenvalue weighted by Crippen LogP contribution is -2.46. The normalized spacial score (nSPS) is 19.5. The number of halogens is 1. The van der Waals surface area contributed by atoms with E-state index in [2.05, 4.69) is 0 Å². The molecule has 2 rings (SSSR count). The standard InChI is InChI=1S/C16H23FN2O3S/c1-3-18(4-2)16(20)13-8-7-11-19(12-13)23(21,22)15-10-6-5-9-14(15)17/h5-6,9-10,13H,3-4,7-8,11-12H2,1-2H3. The average molecular weight is 342 g/mol. The highest BCUT2D eigenvalue weighted by atomic mass is 32.2. The first-order chi connectivity index (χ1) is 10.9. The van der Waals surface area contributed by atoms with E-state index in [4.69, 9.17) is 0 Å². The van der Waals surface area contributed by atoms with Crippen LogP contribution in [0.5, 0.6) is 0 Å². The molecule has 1 aromatic carbocycles. The van der Waals surface area contributed by atoms with Crippen molar-refractivity contribution in [2.45, 2.75) is 31.6 Å². The zero-order valence-electron chi connectivity index (χ0n) is 13.5. The molecule has 1 saturated heterocycles. The molecule has 1 aliphatic heterocycles. The molecule has 0 aromatic heterocycles. The maximum Gasteiger partial charge on any atom is 0.246 e. The monoisotopic (exact) mass is 342 g/mol. The second kappa shape index (κ2) is 7.40. The minimum absolute atomic E-state index is 0.0246. The summed E-state index contributed by atoms with van der Waals surface area (Å²) in [7, 11) is -3.91. The summed E-state index contributed by atoms with van der Waals surface area (Å²) in [5, 5.41) is 0. The minimum Gasteiger partial charge on any atom is -0.343 e. The van der Waals surface area contributed by atoms with Crippen molar-refractivity contribution in [3.63, 3.8) is 0 Å². The molecule has 0 bridgehead atoms. The molecule has 5 nitrogen and oxygen atoms in total. The summed E-state index contributed by atoms with van der Waals surface area (Å²) >= 11 is 0.